The van der Waals surface area contributed by atoms with E-state index in [-0.39, 0.29) is 34.8 Å². The Morgan fingerprint density at radius 2 is 1.96 bits per heavy atom. The molecule has 2 aromatic rings. The van der Waals surface area contributed by atoms with Gasteiger partial charge in [-0.15, -0.1) is 0 Å². The van der Waals surface area contributed by atoms with Crippen molar-refractivity contribution >= 4 is 15.9 Å². The van der Waals surface area contributed by atoms with E-state index in [9.17, 15) is 18.3 Å². The largest absolute Gasteiger partial charge is 0.508 e. The molecular formula is C20H24N2O5S. The van der Waals surface area contributed by atoms with E-state index in [0.717, 1.165) is 18.4 Å². The van der Waals surface area contributed by atoms with Crippen LogP contribution in [0.25, 0.3) is 0 Å². The Morgan fingerprint density at radius 1 is 1.18 bits per heavy atom. The molecule has 0 aliphatic carbocycles. The van der Waals surface area contributed by atoms with Gasteiger partial charge in [0.05, 0.1) is 11.0 Å². The number of benzene rings is 2. The highest BCUT2D eigenvalue weighted by Gasteiger charge is 2.21. The van der Waals surface area contributed by atoms with Crippen LogP contribution in [0.15, 0.2) is 53.4 Å². The normalized spacial score (nSPS) is 16.8. The van der Waals surface area contributed by atoms with Crippen molar-refractivity contribution in [3.05, 3.63) is 59.7 Å². The lowest BCUT2D eigenvalue weighted by atomic mass is 10.1. The molecule has 2 aromatic carbocycles. The van der Waals surface area contributed by atoms with Gasteiger partial charge in [-0.25, -0.2) is 13.1 Å². The summed E-state index contributed by atoms with van der Waals surface area (Å²) in [4.78, 5) is 12.4. The zero-order valence-electron chi connectivity index (χ0n) is 15.4. The van der Waals surface area contributed by atoms with Crippen molar-refractivity contribution < 1.29 is 23.1 Å². The van der Waals surface area contributed by atoms with E-state index in [1.807, 2.05) is 0 Å². The fraction of sp³-hybridized carbons (Fsp3) is 0.350. The molecule has 7 nitrogen and oxygen atoms in total. The molecule has 28 heavy (non-hydrogen) atoms. The van der Waals surface area contributed by atoms with Crippen molar-refractivity contribution in [1.29, 1.82) is 0 Å². The Balaban J connectivity index is 1.56. The molecule has 1 fully saturated rings. The van der Waals surface area contributed by atoms with Gasteiger partial charge in [-0.05, 0) is 55.2 Å². The summed E-state index contributed by atoms with van der Waals surface area (Å²) in [5.41, 5.74) is 1.26. The number of hydrogen-bond donors (Lipinski definition) is 3. The summed E-state index contributed by atoms with van der Waals surface area (Å²) in [7, 11) is -3.71. The smallest absolute Gasteiger partial charge is 0.251 e. The van der Waals surface area contributed by atoms with Crippen LogP contribution >= 0.6 is 0 Å². The molecule has 1 aliphatic rings. The summed E-state index contributed by atoms with van der Waals surface area (Å²) in [5, 5.41) is 12.1. The lowest BCUT2D eigenvalue weighted by Crippen LogP contribution is -2.32. The zero-order valence-corrected chi connectivity index (χ0v) is 16.2. The van der Waals surface area contributed by atoms with Crippen LogP contribution in [0.5, 0.6) is 5.75 Å². The zero-order chi connectivity index (χ0) is 20.0. The number of sulfonamides is 1. The van der Waals surface area contributed by atoms with Crippen molar-refractivity contribution in [2.45, 2.75) is 30.3 Å². The molecule has 0 saturated carbocycles. The van der Waals surface area contributed by atoms with Gasteiger partial charge in [-0.2, -0.15) is 0 Å². The molecule has 0 bridgehead atoms. The van der Waals surface area contributed by atoms with Gasteiger partial charge in [-0.1, -0.05) is 18.2 Å². The number of carbonyl (C=O) groups is 1. The molecule has 0 radical (unpaired) electrons. The first-order chi connectivity index (χ1) is 13.4. The lowest BCUT2D eigenvalue weighted by Gasteiger charge is -2.12. The van der Waals surface area contributed by atoms with Gasteiger partial charge in [0.15, 0.2) is 0 Å². The Bertz CT molecular complexity index is 906. The van der Waals surface area contributed by atoms with Crippen LogP contribution < -0.4 is 10.0 Å². The monoisotopic (exact) mass is 404 g/mol. The van der Waals surface area contributed by atoms with Crippen LogP contribution in [0, 0.1) is 0 Å². The number of amides is 1. The average Bonchev–Trinajstić information content (AvgIpc) is 3.22. The van der Waals surface area contributed by atoms with Crippen LogP contribution in [0.1, 0.15) is 28.8 Å². The topological polar surface area (TPSA) is 105 Å². The maximum absolute atomic E-state index is 12.5. The summed E-state index contributed by atoms with van der Waals surface area (Å²) < 4.78 is 32.9. The molecule has 3 rings (SSSR count). The molecule has 1 saturated heterocycles. The van der Waals surface area contributed by atoms with Crippen molar-refractivity contribution in [3.8, 4) is 5.75 Å². The predicted molar refractivity (Wildman–Crippen MR) is 105 cm³/mol. The minimum absolute atomic E-state index is 0.0525. The molecule has 8 heteroatoms. The Labute approximate surface area is 164 Å². The van der Waals surface area contributed by atoms with Gasteiger partial charge in [-0.3, -0.25) is 4.79 Å². The van der Waals surface area contributed by atoms with Gasteiger partial charge in [0, 0.05) is 25.3 Å². The molecule has 1 amide bonds. The number of phenolic OH excluding ortho intramolecular Hbond substituents is 1. The number of phenols is 1. The first kappa shape index (κ1) is 20.3. The van der Waals surface area contributed by atoms with Crippen molar-refractivity contribution in [3.63, 3.8) is 0 Å². The fourth-order valence-corrected chi connectivity index (χ4v) is 4.09. The van der Waals surface area contributed by atoms with E-state index in [4.69, 9.17) is 4.74 Å². The summed E-state index contributed by atoms with van der Waals surface area (Å²) in [5.74, 6) is -0.145. The van der Waals surface area contributed by atoms with Crippen molar-refractivity contribution in [2.24, 2.45) is 0 Å². The van der Waals surface area contributed by atoms with E-state index >= 15 is 0 Å². The first-order valence-corrected chi connectivity index (χ1v) is 10.7. The molecule has 0 aromatic heterocycles. The molecule has 1 unspecified atom stereocenters. The van der Waals surface area contributed by atoms with Gasteiger partial charge in [0.25, 0.3) is 5.91 Å². The average molecular weight is 404 g/mol. The molecule has 1 heterocycles. The summed E-state index contributed by atoms with van der Waals surface area (Å²) >= 11 is 0. The SMILES string of the molecule is O=C(NCCc1ccc(O)cc1)c1cccc(S(=O)(=O)NCC2CCCO2)c1. The van der Waals surface area contributed by atoms with Crippen LogP contribution in [-0.2, 0) is 21.2 Å². The molecule has 3 N–H and O–H groups in total. The standard InChI is InChI=1S/C20H24N2O5S/c23-17-8-6-15(7-9-17)10-11-21-20(24)16-3-1-5-19(13-16)28(25,26)22-14-18-4-2-12-27-18/h1,3,5-9,13,18,22-23H,2,4,10-12,14H2,(H,21,24). The van der Waals surface area contributed by atoms with E-state index in [2.05, 4.69) is 10.0 Å². The quantitative estimate of drug-likeness (QED) is 0.623. The maximum atomic E-state index is 12.5. The second kappa shape index (κ2) is 9.18. The van der Waals surface area contributed by atoms with Crippen molar-refractivity contribution in [2.75, 3.05) is 19.7 Å². The van der Waals surface area contributed by atoms with Crippen LogP contribution in [0.3, 0.4) is 0 Å². The summed E-state index contributed by atoms with van der Waals surface area (Å²) in [6, 6.07) is 12.7. The van der Waals surface area contributed by atoms with E-state index in [1.165, 1.54) is 12.1 Å². The Morgan fingerprint density at radius 3 is 2.68 bits per heavy atom. The summed E-state index contributed by atoms with van der Waals surface area (Å²) in [6.07, 6.45) is 2.28. The van der Waals surface area contributed by atoms with Gasteiger partial charge >= 0.3 is 0 Å². The minimum Gasteiger partial charge on any atom is -0.508 e. The molecule has 150 valence electrons. The first-order valence-electron chi connectivity index (χ1n) is 9.21. The van der Waals surface area contributed by atoms with Crippen molar-refractivity contribution in [1.82, 2.24) is 10.0 Å². The number of hydrogen-bond acceptors (Lipinski definition) is 5. The molecule has 0 spiro atoms. The van der Waals surface area contributed by atoms with Crippen LogP contribution in [0.4, 0.5) is 0 Å². The number of ether oxygens (including phenoxy) is 1. The highest BCUT2D eigenvalue weighted by atomic mass is 32.2. The Kier molecular flexibility index (Phi) is 6.66. The third-order valence-corrected chi connectivity index (χ3v) is 5.99. The predicted octanol–water partition coefficient (Wildman–Crippen LogP) is 1.82. The minimum atomic E-state index is -3.71. The maximum Gasteiger partial charge on any atom is 0.251 e. The third-order valence-electron chi connectivity index (χ3n) is 4.57. The van der Waals surface area contributed by atoms with Crippen LogP contribution in [0.2, 0.25) is 0 Å². The fourth-order valence-electron chi connectivity index (χ4n) is 2.98. The lowest BCUT2D eigenvalue weighted by molar-refractivity contribution is 0.0954. The second-order valence-electron chi connectivity index (χ2n) is 6.69. The summed E-state index contributed by atoms with van der Waals surface area (Å²) in [6.45, 7) is 1.29. The van der Waals surface area contributed by atoms with E-state index in [1.54, 1.807) is 36.4 Å². The van der Waals surface area contributed by atoms with E-state index < -0.39 is 10.0 Å². The van der Waals surface area contributed by atoms with Gasteiger partial charge in [0.2, 0.25) is 10.0 Å². The van der Waals surface area contributed by atoms with Gasteiger partial charge in [0.1, 0.15) is 5.75 Å². The Hall–Kier alpha value is -2.42. The number of aromatic hydroxyl groups is 1. The molecule has 1 atom stereocenters. The molecule has 1 aliphatic heterocycles. The van der Waals surface area contributed by atoms with Gasteiger partial charge < -0.3 is 15.2 Å². The highest BCUT2D eigenvalue weighted by molar-refractivity contribution is 7.89. The highest BCUT2D eigenvalue weighted by Crippen LogP contribution is 2.15. The number of carbonyl (C=O) groups excluding carboxylic acids is 1. The number of rotatable bonds is 8. The number of nitrogens with one attached hydrogen (secondary N) is 2. The molecular weight excluding hydrogens is 380 g/mol. The third kappa shape index (κ3) is 5.54. The van der Waals surface area contributed by atoms with E-state index in [0.29, 0.717) is 19.6 Å². The second-order valence-corrected chi connectivity index (χ2v) is 8.45. The van der Waals surface area contributed by atoms with Crippen LogP contribution in [-0.4, -0.2) is 45.2 Å².